The summed E-state index contributed by atoms with van der Waals surface area (Å²) < 4.78 is 5.39. The number of ether oxygens (including phenoxy) is 1. The molecule has 0 heterocycles. The minimum atomic E-state index is -1.79. The molecule has 9 heteroatoms. The van der Waals surface area contributed by atoms with Crippen LogP contribution in [0.25, 0.3) is 12.2 Å². The average molecular weight is 509 g/mol. The molecule has 2 amide bonds. The van der Waals surface area contributed by atoms with E-state index in [1.54, 1.807) is 12.2 Å². The zero-order valence-electron chi connectivity index (χ0n) is 20.6. The van der Waals surface area contributed by atoms with Crippen molar-refractivity contribution >= 4 is 35.9 Å². The van der Waals surface area contributed by atoms with Crippen molar-refractivity contribution in [2.45, 2.75) is 37.9 Å². The van der Waals surface area contributed by atoms with E-state index in [1.165, 1.54) is 19.1 Å². The summed E-state index contributed by atoms with van der Waals surface area (Å²) in [5.74, 6) is -2.82. The van der Waals surface area contributed by atoms with Crippen molar-refractivity contribution < 1.29 is 34.1 Å². The predicted molar refractivity (Wildman–Crippen MR) is 139 cm³/mol. The Bertz CT molecular complexity index is 1100. The van der Waals surface area contributed by atoms with Crippen LogP contribution in [-0.4, -0.2) is 58.8 Å². The maximum absolute atomic E-state index is 12.4. The van der Waals surface area contributed by atoms with Gasteiger partial charge in [-0.25, -0.2) is 0 Å². The van der Waals surface area contributed by atoms with Crippen molar-refractivity contribution in [2.75, 3.05) is 13.1 Å². The number of aliphatic carboxylic acids is 1. The van der Waals surface area contributed by atoms with Crippen LogP contribution in [0, 0.1) is 0 Å². The summed E-state index contributed by atoms with van der Waals surface area (Å²) >= 11 is 0. The van der Waals surface area contributed by atoms with Gasteiger partial charge in [0.2, 0.25) is 11.8 Å². The maximum Gasteiger partial charge on any atom is 0.309 e. The number of hydrogen-bond acceptors (Lipinski definition) is 6. The van der Waals surface area contributed by atoms with E-state index in [1.807, 2.05) is 60.7 Å². The SMILES string of the molecule is C[C@](O)(CC(=O)O)CC(=O)O[C@H](CCNC(=O)/C=C/c1ccccc1)CNC(=O)/C=C/c1ccccc1. The van der Waals surface area contributed by atoms with Gasteiger partial charge in [-0.2, -0.15) is 0 Å². The second-order valence-corrected chi connectivity index (χ2v) is 8.67. The molecule has 2 rings (SSSR count). The molecule has 0 spiro atoms. The predicted octanol–water partition coefficient (Wildman–Crippen LogP) is 2.56. The fourth-order valence-corrected chi connectivity index (χ4v) is 3.29. The molecule has 0 saturated carbocycles. The van der Waals surface area contributed by atoms with E-state index >= 15 is 0 Å². The van der Waals surface area contributed by atoms with E-state index in [2.05, 4.69) is 10.6 Å². The Hall–Kier alpha value is -4.24. The van der Waals surface area contributed by atoms with E-state index in [-0.39, 0.29) is 25.4 Å². The van der Waals surface area contributed by atoms with Crippen molar-refractivity contribution in [3.63, 3.8) is 0 Å². The minimum Gasteiger partial charge on any atom is -0.481 e. The first-order valence-corrected chi connectivity index (χ1v) is 11.8. The highest BCUT2D eigenvalue weighted by molar-refractivity contribution is 5.92. The first-order valence-electron chi connectivity index (χ1n) is 11.8. The van der Waals surface area contributed by atoms with Gasteiger partial charge in [0.05, 0.1) is 25.0 Å². The molecule has 0 unspecified atom stereocenters. The molecule has 2 atom stereocenters. The number of nitrogens with one attached hydrogen (secondary N) is 2. The summed E-state index contributed by atoms with van der Waals surface area (Å²) in [6.07, 6.45) is 4.23. The number of amides is 2. The van der Waals surface area contributed by atoms with Crippen LogP contribution >= 0.6 is 0 Å². The molecule has 196 valence electrons. The molecule has 0 aliphatic carbocycles. The van der Waals surface area contributed by atoms with Crippen molar-refractivity contribution in [1.29, 1.82) is 0 Å². The topological polar surface area (TPSA) is 142 Å². The smallest absolute Gasteiger partial charge is 0.309 e. The van der Waals surface area contributed by atoms with Crippen LogP contribution in [0.2, 0.25) is 0 Å². The Balaban J connectivity index is 1.92. The number of carboxylic acid groups (broad SMARTS) is 1. The summed E-state index contributed by atoms with van der Waals surface area (Å²) in [5.41, 5.74) is -0.0808. The molecule has 4 N–H and O–H groups in total. The first kappa shape index (κ1) is 29.0. The molecule has 0 saturated heterocycles. The van der Waals surface area contributed by atoms with E-state index in [9.17, 15) is 24.3 Å². The number of carbonyl (C=O) groups excluding carboxylic acids is 3. The van der Waals surface area contributed by atoms with Crippen LogP contribution in [-0.2, 0) is 23.9 Å². The second-order valence-electron chi connectivity index (χ2n) is 8.67. The lowest BCUT2D eigenvalue weighted by molar-refractivity contribution is -0.156. The molecule has 37 heavy (non-hydrogen) atoms. The second kappa shape index (κ2) is 15.0. The summed E-state index contributed by atoms with van der Waals surface area (Å²) in [6, 6.07) is 18.5. The third-order valence-electron chi connectivity index (χ3n) is 5.08. The van der Waals surface area contributed by atoms with E-state index < -0.39 is 42.4 Å². The fraction of sp³-hybridized carbons (Fsp3) is 0.286. The fourth-order valence-electron chi connectivity index (χ4n) is 3.29. The summed E-state index contributed by atoms with van der Waals surface area (Å²) in [5, 5.41) is 24.4. The number of esters is 1. The molecule has 0 fully saturated rings. The molecule has 0 aromatic heterocycles. The summed E-state index contributed by atoms with van der Waals surface area (Å²) in [6.45, 7) is 1.34. The van der Waals surface area contributed by atoms with Gasteiger partial charge in [-0.05, 0) is 30.2 Å². The Morgan fingerprint density at radius 3 is 1.89 bits per heavy atom. The number of hydrogen-bond donors (Lipinski definition) is 4. The Morgan fingerprint density at radius 2 is 1.38 bits per heavy atom. The van der Waals surface area contributed by atoms with Gasteiger partial charge < -0.3 is 25.6 Å². The van der Waals surface area contributed by atoms with Crippen molar-refractivity contribution in [1.82, 2.24) is 10.6 Å². The van der Waals surface area contributed by atoms with Gasteiger partial charge in [-0.3, -0.25) is 19.2 Å². The highest BCUT2D eigenvalue weighted by Crippen LogP contribution is 2.16. The zero-order valence-corrected chi connectivity index (χ0v) is 20.6. The average Bonchev–Trinajstić information content (AvgIpc) is 2.84. The molecule has 0 radical (unpaired) electrons. The van der Waals surface area contributed by atoms with Crippen molar-refractivity contribution in [2.24, 2.45) is 0 Å². The van der Waals surface area contributed by atoms with Crippen LogP contribution in [0.3, 0.4) is 0 Å². The normalized spacial score (nSPS) is 13.6. The monoisotopic (exact) mass is 508 g/mol. The number of rotatable bonds is 14. The van der Waals surface area contributed by atoms with Gasteiger partial charge in [0.1, 0.15) is 6.10 Å². The van der Waals surface area contributed by atoms with Crippen molar-refractivity contribution in [3.8, 4) is 0 Å². The molecule has 2 aromatic carbocycles. The largest absolute Gasteiger partial charge is 0.481 e. The summed E-state index contributed by atoms with van der Waals surface area (Å²) in [4.78, 5) is 47.6. The maximum atomic E-state index is 12.4. The minimum absolute atomic E-state index is 0.0412. The van der Waals surface area contributed by atoms with Gasteiger partial charge >= 0.3 is 11.9 Å². The molecule has 0 bridgehead atoms. The van der Waals surface area contributed by atoms with Crippen LogP contribution < -0.4 is 10.6 Å². The van der Waals surface area contributed by atoms with Gasteiger partial charge in [0.25, 0.3) is 0 Å². The van der Waals surface area contributed by atoms with Crippen LogP contribution in [0.1, 0.15) is 37.3 Å². The third kappa shape index (κ3) is 12.9. The number of carboxylic acids is 1. The highest BCUT2D eigenvalue weighted by atomic mass is 16.5. The van der Waals surface area contributed by atoms with Gasteiger partial charge in [-0.1, -0.05) is 60.7 Å². The first-order chi connectivity index (χ1) is 17.6. The zero-order chi connectivity index (χ0) is 27.1. The molecule has 2 aromatic rings. The van der Waals surface area contributed by atoms with Crippen LogP contribution in [0.5, 0.6) is 0 Å². The Morgan fingerprint density at radius 1 is 0.865 bits per heavy atom. The Labute approximate surface area is 215 Å². The summed E-state index contributed by atoms with van der Waals surface area (Å²) in [7, 11) is 0. The van der Waals surface area contributed by atoms with E-state index in [0.717, 1.165) is 11.1 Å². The lowest BCUT2D eigenvalue weighted by atomic mass is 9.98. The van der Waals surface area contributed by atoms with E-state index in [0.29, 0.717) is 0 Å². The van der Waals surface area contributed by atoms with Crippen LogP contribution in [0.4, 0.5) is 0 Å². The van der Waals surface area contributed by atoms with Gasteiger partial charge in [0.15, 0.2) is 0 Å². The number of carbonyl (C=O) groups is 4. The molecule has 0 aliphatic rings. The van der Waals surface area contributed by atoms with Crippen molar-refractivity contribution in [3.05, 3.63) is 83.9 Å². The molecular formula is C28H32N2O7. The van der Waals surface area contributed by atoms with E-state index in [4.69, 9.17) is 9.84 Å². The molecule has 0 aliphatic heterocycles. The molecule has 9 nitrogen and oxygen atoms in total. The lowest BCUT2D eigenvalue weighted by Gasteiger charge is -2.23. The highest BCUT2D eigenvalue weighted by Gasteiger charge is 2.29. The Kier molecular flexibility index (Phi) is 11.8. The number of aliphatic hydroxyl groups is 1. The molecular weight excluding hydrogens is 476 g/mol. The lowest BCUT2D eigenvalue weighted by Crippen LogP contribution is -2.38. The van der Waals surface area contributed by atoms with Gasteiger partial charge in [-0.15, -0.1) is 0 Å². The number of benzene rings is 2. The third-order valence-corrected chi connectivity index (χ3v) is 5.08. The van der Waals surface area contributed by atoms with Gasteiger partial charge in [0, 0.05) is 25.1 Å². The van der Waals surface area contributed by atoms with Crippen LogP contribution in [0.15, 0.2) is 72.8 Å². The quantitative estimate of drug-likeness (QED) is 0.227. The standard InChI is InChI=1S/C28H32N2O7/c1-28(36,18-26(33)34)19-27(35)37-23(20-30-25(32)15-13-22-10-6-3-7-11-22)16-17-29-24(31)14-12-21-8-4-2-5-9-21/h2-15,23,36H,16-20H2,1H3,(H,29,31)(H,30,32)(H,33,34)/b14-12+,15-13+/t23-,28+/m1/s1.